The minimum atomic E-state index is 0.310. The number of aryl methyl sites for hydroxylation is 1. The van der Waals surface area contributed by atoms with Gasteiger partial charge in [-0.3, -0.25) is 0 Å². The molecule has 8 heavy (non-hydrogen) atoms. The van der Waals surface area contributed by atoms with Gasteiger partial charge in [0.1, 0.15) is 11.8 Å². The third kappa shape index (κ3) is 0.540. The number of hydrogen-bond donors (Lipinski definition) is 0. The van der Waals surface area contributed by atoms with Crippen molar-refractivity contribution in [3.8, 4) is 6.07 Å². The first-order valence-electron chi connectivity index (χ1n) is 2.07. The first-order valence-corrected chi connectivity index (χ1v) is 2.07. The zero-order valence-corrected chi connectivity index (χ0v) is 4.29. The summed E-state index contributed by atoms with van der Waals surface area (Å²) < 4.78 is 0. The molecule has 0 aromatic carbocycles. The lowest BCUT2D eigenvalue weighted by Crippen LogP contribution is -1.75. The van der Waals surface area contributed by atoms with Gasteiger partial charge in [0, 0.05) is 0 Å². The van der Waals surface area contributed by atoms with Crippen molar-refractivity contribution in [3.05, 3.63) is 11.4 Å². The molecule has 0 radical (unpaired) electrons. The minimum absolute atomic E-state index is 0.310. The molecular weight excluding hydrogens is 104 g/mol. The molecule has 1 aromatic heterocycles. The smallest absolute Gasteiger partial charge is 0.141 e. The van der Waals surface area contributed by atoms with Gasteiger partial charge in [0.15, 0.2) is 0 Å². The van der Waals surface area contributed by atoms with E-state index < -0.39 is 0 Å². The van der Waals surface area contributed by atoms with Crippen LogP contribution in [-0.4, -0.2) is 10.2 Å². The van der Waals surface area contributed by atoms with Gasteiger partial charge in [0.05, 0.1) is 5.69 Å². The van der Waals surface area contributed by atoms with E-state index in [0.29, 0.717) is 11.4 Å². The maximum Gasteiger partial charge on any atom is 0.141 e. The van der Waals surface area contributed by atoms with Crippen LogP contribution < -0.4 is 5.21 Å². The van der Waals surface area contributed by atoms with Crippen LogP contribution in [0.3, 0.4) is 0 Å². The fourth-order valence-corrected chi connectivity index (χ4v) is 0.357. The molecule has 0 saturated heterocycles. The second kappa shape index (κ2) is 1.62. The number of hydrogen-bond acceptors (Lipinski definition) is 3. The summed E-state index contributed by atoms with van der Waals surface area (Å²) in [6, 6.07) is 1.84. The van der Waals surface area contributed by atoms with Crippen molar-refractivity contribution in [2.75, 3.05) is 0 Å². The summed E-state index contributed by atoms with van der Waals surface area (Å²) in [6.07, 6.45) is 0. The van der Waals surface area contributed by atoms with Gasteiger partial charge in [-0.15, -0.1) is 0 Å². The summed E-state index contributed by atoms with van der Waals surface area (Å²) in [5, 5.41) is 18.4. The molecule has 0 amide bonds. The summed E-state index contributed by atoms with van der Waals surface area (Å²) in [4.78, 5) is 0. The highest BCUT2D eigenvalue weighted by molar-refractivity contribution is 5.21. The van der Waals surface area contributed by atoms with E-state index in [4.69, 9.17) is 5.26 Å². The third-order valence-electron chi connectivity index (χ3n) is 0.788. The average molecular weight is 107 g/mol. The molecule has 4 heteroatoms. The summed E-state index contributed by atoms with van der Waals surface area (Å²) >= 11 is 0. The molecular formula is C4H3N4-. The van der Waals surface area contributed by atoms with Crippen molar-refractivity contribution >= 4 is 0 Å². The van der Waals surface area contributed by atoms with Crippen molar-refractivity contribution in [3.63, 3.8) is 0 Å². The average Bonchev–Trinajstić information content (AvgIpc) is 2.14. The maximum atomic E-state index is 8.21. The normalized spacial score (nSPS) is 8.50. The zero-order valence-electron chi connectivity index (χ0n) is 4.29. The molecule has 0 aliphatic rings. The highest BCUT2D eigenvalue weighted by Crippen LogP contribution is 1.92. The molecule has 0 N–H and O–H groups in total. The highest BCUT2D eigenvalue weighted by Gasteiger charge is 1.89. The number of nitriles is 1. The Hall–Kier alpha value is -1.37. The number of rotatable bonds is 0. The first kappa shape index (κ1) is 4.78. The Labute approximate surface area is 46.1 Å². The van der Waals surface area contributed by atoms with Gasteiger partial charge < -0.3 is 15.4 Å². The molecule has 0 saturated carbocycles. The summed E-state index contributed by atoms with van der Waals surface area (Å²) in [5.41, 5.74) is 0.900. The van der Waals surface area contributed by atoms with Crippen molar-refractivity contribution in [1.82, 2.24) is 15.4 Å². The van der Waals surface area contributed by atoms with Crippen LogP contribution in [0.25, 0.3) is 0 Å². The van der Waals surface area contributed by atoms with Crippen molar-refractivity contribution in [2.45, 2.75) is 6.92 Å². The van der Waals surface area contributed by atoms with Gasteiger partial charge in [-0.1, -0.05) is 0 Å². The predicted molar refractivity (Wildman–Crippen MR) is 24.8 cm³/mol. The van der Waals surface area contributed by atoms with Crippen LogP contribution in [0.2, 0.25) is 0 Å². The van der Waals surface area contributed by atoms with Crippen LogP contribution in [0.15, 0.2) is 0 Å². The number of nitrogens with zero attached hydrogens (tertiary/aromatic N) is 4. The minimum Gasteiger partial charge on any atom is -0.492 e. The van der Waals surface area contributed by atoms with Gasteiger partial charge in [-0.25, -0.2) is 0 Å². The molecule has 0 unspecified atom stereocenters. The van der Waals surface area contributed by atoms with Crippen molar-refractivity contribution < 1.29 is 0 Å². The highest BCUT2D eigenvalue weighted by atomic mass is 15.3. The van der Waals surface area contributed by atoms with Crippen LogP contribution in [0, 0.1) is 18.3 Å². The van der Waals surface area contributed by atoms with Crippen molar-refractivity contribution in [1.29, 1.82) is 5.26 Å². The van der Waals surface area contributed by atoms with E-state index in [-0.39, 0.29) is 0 Å². The molecule has 0 fully saturated rings. The van der Waals surface area contributed by atoms with E-state index in [2.05, 4.69) is 15.4 Å². The molecule has 4 nitrogen and oxygen atoms in total. The van der Waals surface area contributed by atoms with E-state index in [9.17, 15) is 0 Å². The number of aromatic nitrogens is 3. The molecule has 0 aliphatic heterocycles. The SMILES string of the molecule is Cc1n[n-]nc1C#N. The third-order valence-corrected chi connectivity index (χ3v) is 0.788. The topological polar surface area (TPSA) is 63.7 Å². The molecule has 0 aliphatic carbocycles. The Bertz CT molecular complexity index is 218. The monoisotopic (exact) mass is 107 g/mol. The lowest BCUT2D eigenvalue weighted by molar-refractivity contribution is 0.896. The summed E-state index contributed by atoms with van der Waals surface area (Å²) in [7, 11) is 0. The van der Waals surface area contributed by atoms with E-state index in [1.165, 1.54) is 0 Å². The molecule has 0 bridgehead atoms. The fourth-order valence-electron chi connectivity index (χ4n) is 0.357. The molecule has 0 atom stereocenters. The second-order valence-electron chi connectivity index (χ2n) is 1.34. The molecule has 1 aromatic rings. The Morgan fingerprint density at radius 3 is 2.62 bits per heavy atom. The largest absolute Gasteiger partial charge is 0.492 e. The van der Waals surface area contributed by atoms with Crippen LogP contribution in [0.1, 0.15) is 11.4 Å². The van der Waals surface area contributed by atoms with E-state index in [1.54, 1.807) is 6.92 Å². The zero-order chi connectivity index (χ0) is 5.98. The van der Waals surface area contributed by atoms with Crippen molar-refractivity contribution in [2.24, 2.45) is 0 Å². The summed E-state index contributed by atoms with van der Waals surface area (Å²) in [6.45, 7) is 1.69. The van der Waals surface area contributed by atoms with E-state index in [0.717, 1.165) is 0 Å². The van der Waals surface area contributed by atoms with Crippen LogP contribution in [0.5, 0.6) is 0 Å². The van der Waals surface area contributed by atoms with Gasteiger partial charge >= 0.3 is 0 Å². The van der Waals surface area contributed by atoms with Crippen LogP contribution in [0.4, 0.5) is 0 Å². The van der Waals surface area contributed by atoms with Gasteiger partial charge in [-0.2, -0.15) is 5.26 Å². The quantitative estimate of drug-likeness (QED) is 0.453. The second-order valence-corrected chi connectivity index (χ2v) is 1.34. The summed E-state index contributed by atoms with van der Waals surface area (Å²) in [5.74, 6) is 0. The van der Waals surface area contributed by atoms with Gasteiger partial charge in [0.2, 0.25) is 0 Å². The molecule has 1 heterocycles. The van der Waals surface area contributed by atoms with Crippen LogP contribution >= 0.6 is 0 Å². The Balaban J connectivity index is 3.15. The van der Waals surface area contributed by atoms with Gasteiger partial charge in [0.25, 0.3) is 0 Å². The molecule has 40 valence electrons. The standard InChI is InChI=1S/C4H3N4/c1-3-4(2-5)7-8-6-3/h1H3/q-1. The maximum absolute atomic E-state index is 8.21. The van der Waals surface area contributed by atoms with E-state index in [1.807, 2.05) is 6.07 Å². The lowest BCUT2D eigenvalue weighted by Gasteiger charge is -1.77. The first-order chi connectivity index (χ1) is 3.84. The molecule has 0 spiro atoms. The lowest BCUT2D eigenvalue weighted by atomic mass is 10.4. The van der Waals surface area contributed by atoms with Crippen LogP contribution in [-0.2, 0) is 0 Å². The van der Waals surface area contributed by atoms with Gasteiger partial charge in [-0.05, 0) is 6.92 Å². The Morgan fingerprint density at radius 1 is 1.62 bits per heavy atom. The van der Waals surface area contributed by atoms with E-state index >= 15 is 0 Å². The Kier molecular flexibility index (Phi) is 0.968. The molecule has 1 rings (SSSR count). The predicted octanol–water partition coefficient (Wildman–Crippen LogP) is -0.386. The Morgan fingerprint density at radius 2 is 2.38 bits per heavy atom. The fraction of sp³-hybridized carbons (Fsp3) is 0.250.